The summed E-state index contributed by atoms with van der Waals surface area (Å²) in [5.74, 6) is -0.806. The van der Waals surface area contributed by atoms with E-state index in [1.807, 2.05) is 29.6 Å². The van der Waals surface area contributed by atoms with Gasteiger partial charge in [0.05, 0.1) is 0 Å². The van der Waals surface area contributed by atoms with Gasteiger partial charge in [0.15, 0.2) is 0 Å². The Hall–Kier alpha value is -2.26. The van der Waals surface area contributed by atoms with E-state index in [2.05, 4.69) is 0 Å². The van der Waals surface area contributed by atoms with Gasteiger partial charge in [-0.15, -0.1) is 11.3 Å². The Morgan fingerprint density at radius 3 is 2.32 bits per heavy atom. The van der Waals surface area contributed by atoms with Crippen molar-refractivity contribution >= 4 is 33.0 Å². The Kier molecular flexibility index (Phi) is 2.03. The zero-order chi connectivity index (χ0) is 13.0. The topological polar surface area (TPSA) is 34.1 Å². The van der Waals surface area contributed by atoms with Crippen LogP contribution in [0.5, 0.6) is 0 Å². The lowest BCUT2D eigenvalue weighted by atomic mass is 9.82. The molecule has 0 N–H and O–H groups in total. The first kappa shape index (κ1) is 10.6. The maximum Gasteiger partial charge on any atom is 0.234 e. The minimum Gasteiger partial charge on any atom is -0.285 e. The van der Waals surface area contributed by atoms with E-state index >= 15 is 0 Å². The highest BCUT2D eigenvalue weighted by Crippen LogP contribution is 2.40. The maximum absolute atomic E-state index is 12.2. The normalized spacial score (nSPS) is 13.5. The monoisotopic (exact) mass is 264 g/mol. The SMILES string of the molecule is O=C1C(=O)c2ccc3sccc3c2-c2ccccc21. The molecule has 1 heterocycles. The average molecular weight is 264 g/mol. The third-order valence-corrected chi connectivity index (χ3v) is 4.41. The highest BCUT2D eigenvalue weighted by atomic mass is 32.1. The molecule has 90 valence electrons. The van der Waals surface area contributed by atoms with E-state index < -0.39 is 11.6 Å². The molecule has 1 aliphatic rings. The van der Waals surface area contributed by atoms with Crippen molar-refractivity contribution in [3.05, 3.63) is 59.0 Å². The lowest BCUT2D eigenvalue weighted by Gasteiger charge is -2.18. The summed E-state index contributed by atoms with van der Waals surface area (Å²) in [6, 6.07) is 13.0. The molecule has 0 radical (unpaired) electrons. The van der Waals surface area contributed by atoms with Crippen LogP contribution in [0.3, 0.4) is 0 Å². The van der Waals surface area contributed by atoms with E-state index in [1.54, 1.807) is 29.5 Å². The van der Waals surface area contributed by atoms with Gasteiger partial charge in [-0.3, -0.25) is 9.59 Å². The predicted octanol–water partition coefficient (Wildman–Crippen LogP) is 3.95. The van der Waals surface area contributed by atoms with Crippen LogP contribution in [-0.2, 0) is 0 Å². The van der Waals surface area contributed by atoms with Gasteiger partial charge in [0.2, 0.25) is 11.6 Å². The molecule has 1 aromatic heterocycles. The number of benzene rings is 2. The number of carbonyl (C=O) groups is 2. The van der Waals surface area contributed by atoms with Gasteiger partial charge in [-0.2, -0.15) is 0 Å². The Morgan fingerprint density at radius 2 is 1.47 bits per heavy atom. The zero-order valence-electron chi connectivity index (χ0n) is 9.84. The van der Waals surface area contributed by atoms with E-state index in [0.717, 1.165) is 21.2 Å². The van der Waals surface area contributed by atoms with Crippen molar-refractivity contribution in [2.24, 2.45) is 0 Å². The molecule has 0 aliphatic heterocycles. The van der Waals surface area contributed by atoms with Gasteiger partial charge in [-0.1, -0.05) is 24.3 Å². The number of fused-ring (bicyclic) bond motifs is 5. The van der Waals surface area contributed by atoms with E-state index in [0.29, 0.717) is 11.1 Å². The standard InChI is InChI=1S/C16H8O2S/c17-15-10-4-2-1-3-9(10)14-11-7-8-19-13(11)6-5-12(14)16(15)18/h1-8H. The predicted molar refractivity (Wildman–Crippen MR) is 75.9 cm³/mol. The molecular formula is C16H8O2S. The van der Waals surface area contributed by atoms with Gasteiger partial charge >= 0.3 is 0 Å². The lowest BCUT2D eigenvalue weighted by molar-refractivity contribution is 0.0815. The summed E-state index contributed by atoms with van der Waals surface area (Å²) in [5, 5.41) is 3.06. The highest BCUT2D eigenvalue weighted by Gasteiger charge is 2.31. The summed E-state index contributed by atoms with van der Waals surface area (Å²) >= 11 is 1.64. The third kappa shape index (κ3) is 1.30. The summed E-state index contributed by atoms with van der Waals surface area (Å²) in [5.41, 5.74) is 2.80. The molecule has 3 aromatic rings. The van der Waals surface area contributed by atoms with Crippen LogP contribution in [0.4, 0.5) is 0 Å². The number of ketones is 2. The third-order valence-electron chi connectivity index (χ3n) is 3.53. The van der Waals surface area contributed by atoms with E-state index in [-0.39, 0.29) is 0 Å². The summed E-state index contributed by atoms with van der Waals surface area (Å²) in [6.45, 7) is 0. The van der Waals surface area contributed by atoms with E-state index in [9.17, 15) is 9.59 Å². The highest BCUT2D eigenvalue weighted by molar-refractivity contribution is 7.17. The van der Waals surface area contributed by atoms with Gasteiger partial charge < -0.3 is 0 Å². The Labute approximate surface area is 113 Å². The smallest absolute Gasteiger partial charge is 0.234 e. The molecule has 1 aliphatic carbocycles. The molecule has 0 bridgehead atoms. The number of hydrogen-bond donors (Lipinski definition) is 0. The molecule has 19 heavy (non-hydrogen) atoms. The molecule has 0 amide bonds. The first-order valence-corrected chi connectivity index (χ1v) is 6.84. The molecule has 3 heteroatoms. The van der Waals surface area contributed by atoms with Crippen LogP contribution in [0.2, 0.25) is 0 Å². The van der Waals surface area contributed by atoms with Crippen molar-refractivity contribution in [2.75, 3.05) is 0 Å². The summed E-state index contributed by atoms with van der Waals surface area (Å²) in [7, 11) is 0. The molecule has 0 atom stereocenters. The molecule has 0 saturated heterocycles. The van der Waals surface area contributed by atoms with Gasteiger partial charge in [-0.05, 0) is 29.1 Å². The molecule has 4 rings (SSSR count). The minimum absolute atomic E-state index is 0.401. The van der Waals surface area contributed by atoms with Gasteiger partial charge in [-0.25, -0.2) is 0 Å². The Morgan fingerprint density at radius 1 is 0.737 bits per heavy atom. The van der Waals surface area contributed by atoms with Gasteiger partial charge in [0.25, 0.3) is 0 Å². The van der Waals surface area contributed by atoms with Crippen molar-refractivity contribution < 1.29 is 9.59 Å². The molecule has 0 unspecified atom stereocenters. The fourth-order valence-electron chi connectivity index (χ4n) is 2.67. The minimum atomic E-state index is -0.405. The first-order chi connectivity index (χ1) is 9.27. The number of carbonyl (C=O) groups excluding carboxylic acids is 2. The number of rotatable bonds is 0. The van der Waals surface area contributed by atoms with Gasteiger partial charge in [0, 0.05) is 26.8 Å². The van der Waals surface area contributed by atoms with Crippen LogP contribution < -0.4 is 0 Å². The average Bonchev–Trinajstić information content (AvgIpc) is 2.92. The quantitative estimate of drug-likeness (QED) is 0.576. The van der Waals surface area contributed by atoms with Crippen LogP contribution in [0.1, 0.15) is 20.7 Å². The zero-order valence-corrected chi connectivity index (χ0v) is 10.7. The summed E-state index contributed by atoms with van der Waals surface area (Å²) < 4.78 is 1.13. The molecule has 0 saturated carbocycles. The molecule has 0 spiro atoms. The fourth-order valence-corrected chi connectivity index (χ4v) is 3.46. The van der Waals surface area contributed by atoms with Crippen LogP contribution in [0.25, 0.3) is 21.2 Å². The molecular weight excluding hydrogens is 256 g/mol. The van der Waals surface area contributed by atoms with Crippen LogP contribution >= 0.6 is 11.3 Å². The van der Waals surface area contributed by atoms with Crippen LogP contribution in [-0.4, -0.2) is 11.6 Å². The molecule has 0 fully saturated rings. The van der Waals surface area contributed by atoms with Gasteiger partial charge in [0.1, 0.15) is 0 Å². The second-order valence-corrected chi connectivity index (χ2v) is 5.47. The van der Waals surface area contributed by atoms with Crippen LogP contribution in [0, 0.1) is 0 Å². The first-order valence-electron chi connectivity index (χ1n) is 5.96. The summed E-state index contributed by atoms with van der Waals surface area (Å²) in [4.78, 5) is 24.3. The van der Waals surface area contributed by atoms with E-state index in [4.69, 9.17) is 0 Å². The summed E-state index contributed by atoms with van der Waals surface area (Å²) in [6.07, 6.45) is 0. The maximum atomic E-state index is 12.2. The van der Waals surface area contributed by atoms with Crippen LogP contribution in [0.15, 0.2) is 47.8 Å². The van der Waals surface area contributed by atoms with Crippen molar-refractivity contribution in [3.8, 4) is 11.1 Å². The molecule has 2 nitrogen and oxygen atoms in total. The second kappa shape index (κ2) is 3.62. The Bertz CT molecular complexity index is 858. The van der Waals surface area contributed by atoms with Crippen molar-refractivity contribution in [3.63, 3.8) is 0 Å². The van der Waals surface area contributed by atoms with Crippen molar-refractivity contribution in [1.82, 2.24) is 0 Å². The Balaban J connectivity index is 2.23. The number of thiophene rings is 1. The van der Waals surface area contributed by atoms with Crippen molar-refractivity contribution in [2.45, 2.75) is 0 Å². The second-order valence-electron chi connectivity index (χ2n) is 4.52. The number of hydrogen-bond acceptors (Lipinski definition) is 3. The van der Waals surface area contributed by atoms with E-state index in [1.165, 1.54) is 0 Å². The lowest BCUT2D eigenvalue weighted by Crippen LogP contribution is -2.21. The largest absolute Gasteiger partial charge is 0.285 e. The van der Waals surface area contributed by atoms with Crippen molar-refractivity contribution in [1.29, 1.82) is 0 Å². The number of Topliss-reactive ketones (excluding diaryl/α,β-unsaturated/α-hetero) is 2. The molecule has 2 aromatic carbocycles. The fraction of sp³-hybridized carbons (Fsp3) is 0.